The number of hydrogen-bond acceptors (Lipinski definition) is 2. The number of nitrogens with zero attached hydrogens (tertiary/aromatic N) is 1. The van der Waals surface area contributed by atoms with Crippen LogP contribution in [0.5, 0.6) is 0 Å². The van der Waals surface area contributed by atoms with Crippen LogP contribution in [0.3, 0.4) is 0 Å². The lowest BCUT2D eigenvalue weighted by Crippen LogP contribution is -2.40. The topological polar surface area (TPSA) is 15.3 Å². The summed E-state index contributed by atoms with van der Waals surface area (Å²) in [5.41, 5.74) is 3.76. The summed E-state index contributed by atoms with van der Waals surface area (Å²) in [6.45, 7) is 10.6. The van der Waals surface area contributed by atoms with Crippen LogP contribution >= 0.6 is 0 Å². The Hall–Kier alpha value is -0.0800. The highest BCUT2D eigenvalue weighted by atomic mass is 15.5. The van der Waals surface area contributed by atoms with Gasteiger partial charge in [0.15, 0.2) is 0 Å². The van der Waals surface area contributed by atoms with Crippen molar-refractivity contribution in [3.63, 3.8) is 0 Å². The number of hydrazine groups is 1. The molecule has 0 amide bonds. The SMILES string of the molecule is CCCCCCCCCCCCCCCCCCN(CCCCCCCCCCCCCCCCCC)NCCCC. The van der Waals surface area contributed by atoms with Crippen molar-refractivity contribution in [3.05, 3.63) is 0 Å². The Labute approximate surface area is 268 Å². The summed E-state index contributed by atoms with van der Waals surface area (Å²) in [5.74, 6) is 0. The van der Waals surface area contributed by atoms with E-state index in [4.69, 9.17) is 0 Å². The molecule has 0 aromatic carbocycles. The summed E-state index contributed by atoms with van der Waals surface area (Å²) >= 11 is 0. The van der Waals surface area contributed by atoms with E-state index in [1.165, 1.54) is 231 Å². The van der Waals surface area contributed by atoms with Gasteiger partial charge >= 0.3 is 0 Å². The minimum absolute atomic E-state index is 1.16. The van der Waals surface area contributed by atoms with Gasteiger partial charge in [0.2, 0.25) is 0 Å². The van der Waals surface area contributed by atoms with Gasteiger partial charge in [-0.05, 0) is 19.3 Å². The van der Waals surface area contributed by atoms with Crippen LogP contribution in [0.2, 0.25) is 0 Å². The van der Waals surface area contributed by atoms with Crippen molar-refractivity contribution >= 4 is 0 Å². The van der Waals surface area contributed by atoms with Crippen molar-refractivity contribution in [1.82, 2.24) is 10.4 Å². The van der Waals surface area contributed by atoms with Gasteiger partial charge in [0.25, 0.3) is 0 Å². The molecule has 0 saturated carbocycles. The first-order valence-corrected chi connectivity index (χ1v) is 20.3. The summed E-state index contributed by atoms with van der Waals surface area (Å²) in [7, 11) is 0. The molecule has 0 aromatic heterocycles. The van der Waals surface area contributed by atoms with Crippen LogP contribution < -0.4 is 5.43 Å². The molecule has 0 aliphatic rings. The zero-order chi connectivity index (χ0) is 30.4. The molecule has 0 saturated heterocycles. The minimum atomic E-state index is 1.16. The number of hydrogen-bond donors (Lipinski definition) is 1. The van der Waals surface area contributed by atoms with Crippen LogP contribution in [-0.4, -0.2) is 24.6 Å². The van der Waals surface area contributed by atoms with Gasteiger partial charge in [-0.3, -0.25) is 5.43 Å². The summed E-state index contributed by atoms with van der Waals surface area (Å²) < 4.78 is 0. The van der Waals surface area contributed by atoms with E-state index in [-0.39, 0.29) is 0 Å². The summed E-state index contributed by atoms with van der Waals surface area (Å²) in [6, 6.07) is 0. The summed E-state index contributed by atoms with van der Waals surface area (Å²) in [5, 5.41) is 2.57. The van der Waals surface area contributed by atoms with Crippen molar-refractivity contribution in [2.75, 3.05) is 19.6 Å². The molecule has 2 nitrogen and oxygen atoms in total. The Morgan fingerprint density at radius 1 is 0.262 bits per heavy atom. The van der Waals surface area contributed by atoms with Gasteiger partial charge in [-0.1, -0.05) is 220 Å². The number of rotatable bonds is 38. The van der Waals surface area contributed by atoms with E-state index in [0.717, 1.165) is 6.54 Å². The molecule has 0 atom stereocenters. The molecule has 0 aliphatic heterocycles. The Morgan fingerprint density at radius 2 is 0.476 bits per heavy atom. The second kappa shape index (κ2) is 38.9. The molecule has 0 rings (SSSR count). The van der Waals surface area contributed by atoms with Crippen LogP contribution in [0.1, 0.15) is 239 Å². The zero-order valence-electron chi connectivity index (χ0n) is 30.1. The number of nitrogens with one attached hydrogen (secondary N) is 1. The van der Waals surface area contributed by atoms with Crippen LogP contribution in [0.15, 0.2) is 0 Å². The molecular weight excluding hydrogens is 508 g/mol. The molecular formula is C40H84N2. The maximum atomic E-state index is 3.76. The summed E-state index contributed by atoms with van der Waals surface area (Å²) in [4.78, 5) is 0. The van der Waals surface area contributed by atoms with E-state index in [0.29, 0.717) is 0 Å². The lowest BCUT2D eigenvalue weighted by molar-refractivity contribution is 0.178. The normalized spacial score (nSPS) is 11.7. The molecule has 0 aromatic rings. The Kier molecular flexibility index (Phi) is 38.9. The van der Waals surface area contributed by atoms with E-state index in [1.807, 2.05) is 0 Å². The third kappa shape index (κ3) is 36.1. The van der Waals surface area contributed by atoms with Crippen LogP contribution in [0.4, 0.5) is 0 Å². The molecule has 0 radical (unpaired) electrons. The number of unbranched alkanes of at least 4 members (excludes halogenated alkanes) is 31. The van der Waals surface area contributed by atoms with Crippen molar-refractivity contribution in [3.8, 4) is 0 Å². The smallest absolute Gasteiger partial charge is 0.0130 e. The first-order valence-electron chi connectivity index (χ1n) is 20.3. The van der Waals surface area contributed by atoms with Crippen LogP contribution in [-0.2, 0) is 0 Å². The molecule has 0 bridgehead atoms. The van der Waals surface area contributed by atoms with Crippen molar-refractivity contribution in [1.29, 1.82) is 0 Å². The maximum Gasteiger partial charge on any atom is 0.0130 e. The van der Waals surface area contributed by atoms with Gasteiger partial charge in [0.1, 0.15) is 0 Å². The lowest BCUT2D eigenvalue weighted by atomic mass is 10.0. The zero-order valence-corrected chi connectivity index (χ0v) is 30.1. The summed E-state index contributed by atoms with van der Waals surface area (Å²) in [6.07, 6.45) is 49.1. The van der Waals surface area contributed by atoms with Gasteiger partial charge in [0.05, 0.1) is 0 Å². The maximum absolute atomic E-state index is 3.76. The van der Waals surface area contributed by atoms with E-state index < -0.39 is 0 Å². The fourth-order valence-electron chi connectivity index (χ4n) is 6.39. The molecule has 0 aliphatic carbocycles. The Morgan fingerprint density at radius 3 is 0.714 bits per heavy atom. The van der Waals surface area contributed by atoms with Crippen molar-refractivity contribution < 1.29 is 0 Å². The highest BCUT2D eigenvalue weighted by Crippen LogP contribution is 2.15. The third-order valence-corrected chi connectivity index (χ3v) is 9.43. The van der Waals surface area contributed by atoms with Gasteiger partial charge in [-0.15, -0.1) is 0 Å². The average molecular weight is 593 g/mol. The fourth-order valence-corrected chi connectivity index (χ4v) is 6.39. The predicted octanol–water partition coefficient (Wildman–Crippen LogP) is 14.1. The second-order valence-electron chi connectivity index (χ2n) is 13.9. The third-order valence-electron chi connectivity index (χ3n) is 9.43. The van der Waals surface area contributed by atoms with Crippen molar-refractivity contribution in [2.24, 2.45) is 0 Å². The van der Waals surface area contributed by atoms with E-state index in [1.54, 1.807) is 0 Å². The second-order valence-corrected chi connectivity index (χ2v) is 13.9. The molecule has 254 valence electrons. The standard InChI is InChI=1S/C40H84N2/c1-4-7-10-12-14-16-18-20-22-24-26-28-30-32-34-36-39-42(41-38-9-6-3)40-37-35-33-31-29-27-25-23-21-19-17-15-13-11-8-5-2/h41H,4-40H2,1-3H3. The fraction of sp³-hybridized carbons (Fsp3) is 1.00. The molecule has 0 spiro atoms. The lowest BCUT2D eigenvalue weighted by Gasteiger charge is -2.23. The monoisotopic (exact) mass is 593 g/mol. The average Bonchev–Trinajstić information content (AvgIpc) is 3.00. The quantitative estimate of drug-likeness (QED) is 0.0566. The highest BCUT2D eigenvalue weighted by molar-refractivity contribution is 4.57. The van der Waals surface area contributed by atoms with Gasteiger partial charge in [-0.25, -0.2) is 5.01 Å². The van der Waals surface area contributed by atoms with Gasteiger partial charge < -0.3 is 0 Å². The van der Waals surface area contributed by atoms with Crippen LogP contribution in [0, 0.1) is 0 Å². The van der Waals surface area contributed by atoms with E-state index in [9.17, 15) is 0 Å². The Balaban J connectivity index is 3.52. The molecule has 42 heavy (non-hydrogen) atoms. The highest BCUT2D eigenvalue weighted by Gasteiger charge is 2.04. The molecule has 1 N–H and O–H groups in total. The van der Waals surface area contributed by atoms with Gasteiger partial charge in [-0.2, -0.15) is 0 Å². The minimum Gasteiger partial charge on any atom is -0.255 e. The largest absolute Gasteiger partial charge is 0.255 e. The first-order chi connectivity index (χ1) is 20.8. The molecule has 0 unspecified atom stereocenters. The van der Waals surface area contributed by atoms with Crippen molar-refractivity contribution in [2.45, 2.75) is 239 Å². The molecule has 2 heteroatoms. The van der Waals surface area contributed by atoms with Gasteiger partial charge in [0, 0.05) is 19.6 Å². The first kappa shape index (κ1) is 41.9. The predicted molar refractivity (Wildman–Crippen MR) is 194 cm³/mol. The van der Waals surface area contributed by atoms with E-state index in [2.05, 4.69) is 31.2 Å². The van der Waals surface area contributed by atoms with Crippen LogP contribution in [0.25, 0.3) is 0 Å². The Bertz CT molecular complexity index is 415. The molecule has 0 heterocycles. The van der Waals surface area contributed by atoms with E-state index >= 15 is 0 Å². The molecule has 0 fully saturated rings.